The van der Waals surface area contributed by atoms with E-state index in [-0.39, 0.29) is 5.69 Å². The topological polar surface area (TPSA) is 66.5 Å². The minimum absolute atomic E-state index is 0.281. The van der Waals surface area contributed by atoms with E-state index in [9.17, 15) is 18.0 Å². The van der Waals surface area contributed by atoms with Gasteiger partial charge in [0.05, 0.1) is 30.0 Å². The highest BCUT2D eigenvalue weighted by Gasteiger charge is 2.30. The molecule has 0 unspecified atom stereocenters. The van der Waals surface area contributed by atoms with Gasteiger partial charge in [-0.15, -0.1) is 0 Å². The predicted octanol–water partition coefficient (Wildman–Crippen LogP) is 3.10. The van der Waals surface area contributed by atoms with Crippen LogP contribution in [0.2, 0.25) is 0 Å². The fourth-order valence-corrected chi connectivity index (χ4v) is 2.79. The number of morpholine rings is 1. The number of amides is 1. The van der Waals surface area contributed by atoms with Crippen LogP contribution in [0.15, 0.2) is 42.7 Å². The fraction of sp³-hybridized carbons (Fsp3) is 0.368. The van der Waals surface area contributed by atoms with E-state index in [0.29, 0.717) is 17.8 Å². The number of rotatable bonds is 6. The first-order valence-corrected chi connectivity index (χ1v) is 8.89. The number of hydrogen-bond donors (Lipinski definition) is 2. The molecule has 0 radical (unpaired) electrons. The third-order valence-corrected chi connectivity index (χ3v) is 4.33. The monoisotopic (exact) mass is 394 g/mol. The molecule has 0 atom stereocenters. The summed E-state index contributed by atoms with van der Waals surface area (Å²) >= 11 is 0. The van der Waals surface area contributed by atoms with Crippen molar-refractivity contribution in [3.05, 3.63) is 53.9 Å². The molecular weight excluding hydrogens is 373 g/mol. The number of nitrogens with zero attached hydrogens (tertiary/aromatic N) is 2. The summed E-state index contributed by atoms with van der Waals surface area (Å²) in [4.78, 5) is 18.7. The number of carbonyl (C=O) groups is 1. The van der Waals surface area contributed by atoms with Gasteiger partial charge >= 0.3 is 6.18 Å². The highest BCUT2D eigenvalue weighted by Crippen LogP contribution is 2.29. The Hall–Kier alpha value is -2.65. The van der Waals surface area contributed by atoms with Gasteiger partial charge in [-0.3, -0.25) is 14.7 Å². The van der Waals surface area contributed by atoms with Crippen LogP contribution in [-0.4, -0.2) is 55.2 Å². The molecule has 0 saturated carbocycles. The van der Waals surface area contributed by atoms with Crippen LogP contribution in [0.1, 0.15) is 15.9 Å². The van der Waals surface area contributed by atoms with Crippen molar-refractivity contribution in [2.24, 2.45) is 0 Å². The molecule has 6 nitrogen and oxygen atoms in total. The van der Waals surface area contributed by atoms with Crippen molar-refractivity contribution in [2.45, 2.75) is 6.18 Å². The van der Waals surface area contributed by atoms with Crippen LogP contribution in [0.3, 0.4) is 0 Å². The van der Waals surface area contributed by atoms with Crippen molar-refractivity contribution < 1.29 is 22.7 Å². The molecule has 150 valence electrons. The summed E-state index contributed by atoms with van der Waals surface area (Å²) in [5.74, 6) is -0.441. The Morgan fingerprint density at radius 1 is 1.11 bits per heavy atom. The summed E-state index contributed by atoms with van der Waals surface area (Å²) in [5.41, 5.74) is 0.534. The van der Waals surface area contributed by atoms with Crippen molar-refractivity contribution in [3.8, 4) is 0 Å². The highest BCUT2D eigenvalue weighted by molar-refractivity contribution is 6.04. The van der Waals surface area contributed by atoms with Crippen LogP contribution in [-0.2, 0) is 10.9 Å². The molecule has 9 heteroatoms. The van der Waals surface area contributed by atoms with Crippen molar-refractivity contribution in [1.82, 2.24) is 9.88 Å². The standard InChI is InChI=1S/C19H21F3N4O2/c20-19(21,22)15-1-3-16(4-2-15)25-18(27)14-11-17(13-23-12-14)24-5-6-26-7-9-28-10-8-26/h1-4,11-13,24H,5-10H2,(H,25,27). The largest absolute Gasteiger partial charge is 0.416 e. The molecule has 0 spiro atoms. The van der Waals surface area contributed by atoms with Crippen LogP contribution < -0.4 is 10.6 Å². The Bertz CT molecular complexity index is 791. The first kappa shape index (κ1) is 20.1. The average Bonchev–Trinajstić information content (AvgIpc) is 2.69. The Labute approximate surface area is 160 Å². The minimum Gasteiger partial charge on any atom is -0.382 e. The lowest BCUT2D eigenvalue weighted by molar-refractivity contribution is -0.137. The van der Waals surface area contributed by atoms with Gasteiger partial charge in [0, 0.05) is 44.3 Å². The first-order chi connectivity index (χ1) is 13.4. The molecule has 1 aliphatic heterocycles. The van der Waals surface area contributed by atoms with Gasteiger partial charge in [-0.2, -0.15) is 13.2 Å². The Morgan fingerprint density at radius 2 is 1.82 bits per heavy atom. The van der Waals surface area contributed by atoms with E-state index in [1.807, 2.05) is 0 Å². The van der Waals surface area contributed by atoms with E-state index in [0.717, 1.165) is 45.0 Å². The van der Waals surface area contributed by atoms with Crippen LogP contribution in [0.4, 0.5) is 24.5 Å². The molecule has 1 aromatic heterocycles. The lowest BCUT2D eigenvalue weighted by atomic mass is 10.2. The number of hydrogen-bond acceptors (Lipinski definition) is 5. The second-order valence-electron chi connectivity index (χ2n) is 6.37. The number of carbonyl (C=O) groups excluding carboxylic acids is 1. The summed E-state index contributed by atoms with van der Waals surface area (Å²) in [6.45, 7) is 4.82. The number of anilines is 2. The second kappa shape index (κ2) is 9.03. The van der Waals surface area contributed by atoms with Gasteiger partial charge in [0.1, 0.15) is 0 Å². The number of pyridine rings is 1. The SMILES string of the molecule is O=C(Nc1ccc(C(F)(F)F)cc1)c1cncc(NCCN2CCOCC2)c1. The van der Waals surface area contributed by atoms with E-state index in [1.54, 1.807) is 12.3 Å². The van der Waals surface area contributed by atoms with E-state index < -0.39 is 17.6 Å². The molecule has 0 bridgehead atoms. The molecule has 2 aromatic rings. The second-order valence-corrected chi connectivity index (χ2v) is 6.37. The van der Waals surface area contributed by atoms with Crippen LogP contribution in [0.25, 0.3) is 0 Å². The highest BCUT2D eigenvalue weighted by atomic mass is 19.4. The van der Waals surface area contributed by atoms with Crippen LogP contribution in [0, 0.1) is 0 Å². The van der Waals surface area contributed by atoms with E-state index in [2.05, 4.69) is 20.5 Å². The van der Waals surface area contributed by atoms with Gasteiger partial charge in [-0.1, -0.05) is 0 Å². The first-order valence-electron chi connectivity index (χ1n) is 8.89. The zero-order valence-corrected chi connectivity index (χ0v) is 15.1. The molecule has 1 saturated heterocycles. The third kappa shape index (κ3) is 5.67. The van der Waals surface area contributed by atoms with Crippen LogP contribution in [0.5, 0.6) is 0 Å². The number of nitrogens with one attached hydrogen (secondary N) is 2. The maximum absolute atomic E-state index is 12.6. The quantitative estimate of drug-likeness (QED) is 0.788. The van der Waals surface area contributed by atoms with Crippen molar-refractivity contribution in [1.29, 1.82) is 0 Å². The number of benzene rings is 1. The summed E-state index contributed by atoms with van der Waals surface area (Å²) < 4.78 is 43.1. The van der Waals surface area contributed by atoms with Crippen molar-refractivity contribution >= 4 is 17.3 Å². The maximum atomic E-state index is 12.6. The average molecular weight is 394 g/mol. The number of aromatic nitrogens is 1. The van der Waals surface area contributed by atoms with Crippen molar-refractivity contribution in [2.75, 3.05) is 50.0 Å². The van der Waals surface area contributed by atoms with Crippen LogP contribution >= 0.6 is 0 Å². The molecule has 3 rings (SSSR count). The molecular formula is C19H21F3N4O2. The minimum atomic E-state index is -4.41. The van der Waals surface area contributed by atoms with Crippen molar-refractivity contribution in [3.63, 3.8) is 0 Å². The Morgan fingerprint density at radius 3 is 2.50 bits per heavy atom. The normalized spacial score (nSPS) is 15.2. The lowest BCUT2D eigenvalue weighted by Crippen LogP contribution is -2.39. The molecule has 2 heterocycles. The predicted molar refractivity (Wildman–Crippen MR) is 99.4 cm³/mol. The molecule has 1 amide bonds. The number of alkyl halides is 3. The Kier molecular flexibility index (Phi) is 6.48. The van der Waals surface area contributed by atoms with Gasteiger partial charge in [0.15, 0.2) is 0 Å². The van der Waals surface area contributed by atoms with Gasteiger partial charge in [-0.05, 0) is 30.3 Å². The maximum Gasteiger partial charge on any atom is 0.416 e. The van der Waals surface area contributed by atoms with E-state index in [4.69, 9.17) is 4.74 Å². The number of ether oxygens (including phenoxy) is 1. The molecule has 1 aliphatic rings. The molecule has 1 aromatic carbocycles. The molecule has 2 N–H and O–H groups in total. The number of halogens is 3. The van der Waals surface area contributed by atoms with Gasteiger partial charge in [-0.25, -0.2) is 0 Å². The van der Waals surface area contributed by atoms with E-state index in [1.165, 1.54) is 18.3 Å². The fourth-order valence-electron chi connectivity index (χ4n) is 2.79. The summed E-state index contributed by atoms with van der Waals surface area (Å²) in [6, 6.07) is 5.96. The summed E-state index contributed by atoms with van der Waals surface area (Å²) in [5, 5.41) is 5.80. The lowest BCUT2D eigenvalue weighted by Gasteiger charge is -2.26. The molecule has 0 aliphatic carbocycles. The Balaban J connectivity index is 1.54. The molecule has 1 fully saturated rings. The van der Waals surface area contributed by atoms with Gasteiger partial charge < -0.3 is 15.4 Å². The zero-order valence-electron chi connectivity index (χ0n) is 15.1. The zero-order chi connectivity index (χ0) is 20.0. The molecule has 28 heavy (non-hydrogen) atoms. The smallest absolute Gasteiger partial charge is 0.382 e. The summed E-state index contributed by atoms with van der Waals surface area (Å²) in [6.07, 6.45) is -1.38. The third-order valence-electron chi connectivity index (χ3n) is 4.33. The van der Waals surface area contributed by atoms with E-state index >= 15 is 0 Å². The van der Waals surface area contributed by atoms with Gasteiger partial charge in [0.2, 0.25) is 0 Å². The summed E-state index contributed by atoms with van der Waals surface area (Å²) in [7, 11) is 0. The van der Waals surface area contributed by atoms with Gasteiger partial charge in [0.25, 0.3) is 5.91 Å².